The lowest BCUT2D eigenvalue weighted by molar-refractivity contribution is 0.601. The van der Waals surface area contributed by atoms with Crippen LogP contribution in [0.1, 0.15) is 11.1 Å². The van der Waals surface area contributed by atoms with Gasteiger partial charge in [0, 0.05) is 4.47 Å². The molecule has 0 unspecified atom stereocenters. The van der Waals surface area contributed by atoms with Crippen molar-refractivity contribution in [3.63, 3.8) is 0 Å². The summed E-state index contributed by atoms with van der Waals surface area (Å²) in [6.45, 7) is 1.65. The second kappa shape index (κ2) is 5.84. The third-order valence-electron chi connectivity index (χ3n) is 2.80. The maximum atomic E-state index is 13.2. The number of aryl methyl sites for hydroxylation is 1. The third-order valence-corrected chi connectivity index (χ3v) is 4.86. The van der Waals surface area contributed by atoms with Crippen LogP contribution >= 0.6 is 15.9 Å². The van der Waals surface area contributed by atoms with E-state index in [0.717, 1.165) is 6.07 Å². The zero-order valence-corrected chi connectivity index (χ0v) is 13.3. The van der Waals surface area contributed by atoms with E-state index in [1.807, 2.05) is 6.07 Å². The first-order chi connectivity index (χ1) is 9.83. The van der Waals surface area contributed by atoms with Crippen LogP contribution in [0.2, 0.25) is 0 Å². The molecular weight excluding hydrogens is 359 g/mol. The summed E-state index contributed by atoms with van der Waals surface area (Å²) >= 11 is 3.16. The standard InChI is InChI=1S/C14H10BrFN2O2S/c1-9-6-12(4-2-10(9)8-17)21(19,20)18-14-7-11(16)3-5-13(14)15/h2-7,18H,1H3. The van der Waals surface area contributed by atoms with Crippen LogP contribution in [0.25, 0.3) is 0 Å². The molecule has 0 aliphatic rings. The van der Waals surface area contributed by atoms with Crippen molar-refractivity contribution in [2.24, 2.45) is 0 Å². The molecule has 0 aliphatic heterocycles. The van der Waals surface area contributed by atoms with Crippen LogP contribution in [-0.2, 0) is 10.0 Å². The second-order valence-electron chi connectivity index (χ2n) is 4.32. The molecule has 4 nitrogen and oxygen atoms in total. The summed E-state index contributed by atoms with van der Waals surface area (Å²) in [7, 11) is -3.86. The second-order valence-corrected chi connectivity index (χ2v) is 6.85. The highest BCUT2D eigenvalue weighted by Gasteiger charge is 2.17. The predicted octanol–water partition coefficient (Wildman–Crippen LogP) is 3.57. The highest BCUT2D eigenvalue weighted by atomic mass is 79.9. The Morgan fingerprint density at radius 3 is 2.57 bits per heavy atom. The normalized spacial score (nSPS) is 11.0. The largest absolute Gasteiger partial charge is 0.278 e. The van der Waals surface area contributed by atoms with Gasteiger partial charge in [0.15, 0.2) is 0 Å². The van der Waals surface area contributed by atoms with Crippen LogP contribution in [0.15, 0.2) is 45.8 Å². The van der Waals surface area contributed by atoms with Crippen LogP contribution in [0, 0.1) is 24.1 Å². The fraction of sp³-hybridized carbons (Fsp3) is 0.0714. The van der Waals surface area contributed by atoms with Gasteiger partial charge in [0.1, 0.15) is 5.82 Å². The monoisotopic (exact) mass is 368 g/mol. The maximum Gasteiger partial charge on any atom is 0.261 e. The summed E-state index contributed by atoms with van der Waals surface area (Å²) < 4.78 is 40.5. The number of rotatable bonds is 3. The molecule has 2 rings (SSSR count). The number of anilines is 1. The first-order valence-corrected chi connectivity index (χ1v) is 8.10. The van der Waals surface area contributed by atoms with E-state index >= 15 is 0 Å². The lowest BCUT2D eigenvalue weighted by Gasteiger charge is -2.10. The minimum absolute atomic E-state index is 0.00941. The Hall–Kier alpha value is -1.91. The van der Waals surface area contributed by atoms with E-state index in [2.05, 4.69) is 20.7 Å². The number of nitriles is 1. The lowest BCUT2D eigenvalue weighted by atomic mass is 10.1. The van der Waals surface area contributed by atoms with Gasteiger partial charge in [0.2, 0.25) is 0 Å². The van der Waals surface area contributed by atoms with E-state index in [1.54, 1.807) is 6.92 Å². The molecule has 0 spiro atoms. The zero-order chi connectivity index (χ0) is 15.6. The molecule has 0 heterocycles. The Kier molecular flexibility index (Phi) is 4.30. The van der Waals surface area contributed by atoms with E-state index in [4.69, 9.17) is 5.26 Å². The van der Waals surface area contributed by atoms with Crippen LogP contribution in [0.3, 0.4) is 0 Å². The molecule has 7 heteroatoms. The van der Waals surface area contributed by atoms with Crippen molar-refractivity contribution < 1.29 is 12.8 Å². The number of hydrogen-bond acceptors (Lipinski definition) is 3. The summed E-state index contributed by atoms with van der Waals surface area (Å²) in [5, 5.41) is 8.85. The van der Waals surface area contributed by atoms with Crippen molar-refractivity contribution in [2.45, 2.75) is 11.8 Å². The molecule has 108 valence electrons. The summed E-state index contributed by atoms with van der Waals surface area (Å²) in [5.41, 5.74) is 1.07. The summed E-state index contributed by atoms with van der Waals surface area (Å²) in [6.07, 6.45) is 0. The highest BCUT2D eigenvalue weighted by molar-refractivity contribution is 9.10. The van der Waals surface area contributed by atoms with Gasteiger partial charge in [0.05, 0.1) is 22.2 Å². The molecular formula is C14H10BrFN2O2S. The minimum Gasteiger partial charge on any atom is -0.278 e. The number of nitrogens with zero attached hydrogens (tertiary/aromatic N) is 1. The van der Waals surface area contributed by atoms with Crippen molar-refractivity contribution in [3.8, 4) is 6.07 Å². The minimum atomic E-state index is -3.86. The molecule has 0 amide bonds. The molecule has 0 saturated heterocycles. The topological polar surface area (TPSA) is 70.0 Å². The van der Waals surface area contributed by atoms with Crippen LogP contribution in [0.4, 0.5) is 10.1 Å². The van der Waals surface area contributed by atoms with Crippen molar-refractivity contribution in [1.29, 1.82) is 5.26 Å². The molecule has 0 fully saturated rings. The number of halogens is 2. The summed E-state index contributed by atoms with van der Waals surface area (Å²) in [6, 6.07) is 9.85. The predicted molar refractivity (Wildman–Crippen MR) is 80.8 cm³/mol. The van der Waals surface area contributed by atoms with E-state index in [9.17, 15) is 12.8 Å². The van der Waals surface area contributed by atoms with Crippen molar-refractivity contribution in [3.05, 3.63) is 57.8 Å². The Morgan fingerprint density at radius 2 is 1.95 bits per heavy atom. The molecule has 2 aromatic carbocycles. The highest BCUT2D eigenvalue weighted by Crippen LogP contribution is 2.26. The van der Waals surface area contributed by atoms with Gasteiger partial charge in [-0.05, 0) is 64.8 Å². The van der Waals surface area contributed by atoms with E-state index < -0.39 is 15.8 Å². The van der Waals surface area contributed by atoms with E-state index in [0.29, 0.717) is 15.6 Å². The molecule has 0 bridgehead atoms. The maximum absolute atomic E-state index is 13.2. The molecule has 1 N–H and O–H groups in total. The van der Waals surface area contributed by atoms with Gasteiger partial charge >= 0.3 is 0 Å². The third kappa shape index (κ3) is 3.40. The van der Waals surface area contributed by atoms with Gasteiger partial charge in [-0.25, -0.2) is 12.8 Å². The van der Waals surface area contributed by atoms with Crippen LogP contribution in [0.5, 0.6) is 0 Å². The van der Waals surface area contributed by atoms with Crippen molar-refractivity contribution in [2.75, 3.05) is 4.72 Å². The Bertz CT molecular complexity index is 845. The van der Waals surface area contributed by atoms with E-state index in [-0.39, 0.29) is 10.6 Å². The lowest BCUT2D eigenvalue weighted by Crippen LogP contribution is -2.13. The van der Waals surface area contributed by atoms with E-state index in [1.165, 1.54) is 30.3 Å². The SMILES string of the molecule is Cc1cc(S(=O)(=O)Nc2cc(F)ccc2Br)ccc1C#N. The molecule has 21 heavy (non-hydrogen) atoms. The average molecular weight is 369 g/mol. The van der Waals surface area contributed by atoms with Gasteiger partial charge in [-0.3, -0.25) is 4.72 Å². The summed E-state index contributed by atoms with van der Waals surface area (Å²) in [5.74, 6) is -0.549. The first-order valence-electron chi connectivity index (χ1n) is 5.82. The molecule has 0 saturated carbocycles. The fourth-order valence-corrected chi connectivity index (χ4v) is 3.34. The number of nitrogens with one attached hydrogen (secondary N) is 1. The average Bonchev–Trinajstić information content (AvgIpc) is 2.42. The number of sulfonamides is 1. The van der Waals surface area contributed by atoms with Gasteiger partial charge in [0.25, 0.3) is 10.0 Å². The fourth-order valence-electron chi connectivity index (χ4n) is 1.71. The smallest absolute Gasteiger partial charge is 0.261 e. The van der Waals surface area contributed by atoms with Crippen molar-refractivity contribution >= 4 is 31.6 Å². The quantitative estimate of drug-likeness (QED) is 0.899. The van der Waals surface area contributed by atoms with Gasteiger partial charge in [-0.15, -0.1) is 0 Å². The molecule has 2 aromatic rings. The Balaban J connectivity index is 2.41. The Labute approximate surface area is 130 Å². The molecule has 0 radical (unpaired) electrons. The zero-order valence-electron chi connectivity index (χ0n) is 10.9. The van der Waals surface area contributed by atoms with Crippen LogP contribution in [-0.4, -0.2) is 8.42 Å². The van der Waals surface area contributed by atoms with Gasteiger partial charge in [-0.1, -0.05) is 0 Å². The molecule has 0 aromatic heterocycles. The van der Waals surface area contributed by atoms with Gasteiger partial charge in [-0.2, -0.15) is 5.26 Å². The Morgan fingerprint density at radius 1 is 1.24 bits per heavy atom. The van der Waals surface area contributed by atoms with Gasteiger partial charge < -0.3 is 0 Å². The first kappa shape index (κ1) is 15.5. The number of hydrogen-bond donors (Lipinski definition) is 1. The number of benzene rings is 2. The molecule has 0 aliphatic carbocycles. The molecule has 0 atom stereocenters. The van der Waals surface area contributed by atoms with Crippen molar-refractivity contribution in [1.82, 2.24) is 0 Å². The van der Waals surface area contributed by atoms with Crippen LogP contribution < -0.4 is 4.72 Å². The summed E-state index contributed by atoms with van der Waals surface area (Å²) in [4.78, 5) is 0.00941.